The smallest absolute Gasteiger partial charge is 0.397 e. The molecule has 0 bridgehead atoms. The summed E-state index contributed by atoms with van der Waals surface area (Å²) in [6, 6.07) is 3.51. The van der Waals surface area contributed by atoms with Gasteiger partial charge in [-0.25, -0.2) is 4.39 Å². The molecule has 1 amide bonds. The topological polar surface area (TPSA) is 64.3 Å². The Morgan fingerprint density at radius 1 is 1.43 bits per heavy atom. The summed E-state index contributed by atoms with van der Waals surface area (Å²) in [5.74, 6) is -0.961. The first-order valence-electron chi connectivity index (χ1n) is 6.23. The normalized spacial score (nSPS) is 13.0. The highest BCUT2D eigenvalue weighted by Crippen LogP contribution is 2.22. The van der Waals surface area contributed by atoms with Gasteiger partial charge in [0.2, 0.25) is 5.91 Å². The van der Waals surface area contributed by atoms with E-state index in [9.17, 15) is 22.4 Å². The van der Waals surface area contributed by atoms with Crippen LogP contribution in [0.25, 0.3) is 0 Å². The van der Waals surface area contributed by atoms with Crippen LogP contribution in [-0.4, -0.2) is 24.8 Å². The molecule has 118 valence electrons. The molecule has 1 atom stereocenters. The average Bonchev–Trinajstić information content (AvgIpc) is 2.36. The number of hydrogen-bond donors (Lipinski definition) is 2. The summed E-state index contributed by atoms with van der Waals surface area (Å²) in [6.45, 7) is 0.715. The van der Waals surface area contributed by atoms with Crippen molar-refractivity contribution in [3.8, 4) is 0 Å². The van der Waals surface area contributed by atoms with Gasteiger partial charge in [-0.05, 0) is 31.5 Å². The Kier molecular flexibility index (Phi) is 5.95. The number of nitrogens with two attached hydrogens (primary N) is 1. The van der Waals surface area contributed by atoms with E-state index in [1.807, 2.05) is 0 Å². The molecule has 0 aliphatic heterocycles. The number of halogens is 4. The maximum absolute atomic E-state index is 12.8. The molecular weight excluding hydrogens is 292 g/mol. The molecule has 1 aromatic carbocycles. The first kappa shape index (κ1) is 17.2. The number of alkyl halides is 3. The predicted molar refractivity (Wildman–Crippen MR) is 70.1 cm³/mol. The van der Waals surface area contributed by atoms with Gasteiger partial charge in [-0.3, -0.25) is 4.79 Å². The molecule has 21 heavy (non-hydrogen) atoms. The van der Waals surface area contributed by atoms with Crippen molar-refractivity contribution in [2.45, 2.75) is 32.0 Å². The number of nitrogens with one attached hydrogen (secondary N) is 1. The van der Waals surface area contributed by atoms with E-state index in [-0.39, 0.29) is 30.8 Å². The fourth-order valence-corrected chi connectivity index (χ4v) is 1.45. The van der Waals surface area contributed by atoms with Crippen LogP contribution in [0.15, 0.2) is 18.2 Å². The SMILES string of the molecule is CC(OCCCC(=O)Nc1ccc(F)cc1N)C(F)(F)F. The summed E-state index contributed by atoms with van der Waals surface area (Å²) in [5.41, 5.74) is 5.84. The van der Waals surface area contributed by atoms with E-state index in [1.54, 1.807) is 0 Å². The third-order valence-corrected chi connectivity index (χ3v) is 2.66. The Morgan fingerprint density at radius 2 is 2.10 bits per heavy atom. The van der Waals surface area contributed by atoms with E-state index in [0.29, 0.717) is 0 Å². The number of ether oxygens (including phenoxy) is 1. The minimum atomic E-state index is -4.41. The van der Waals surface area contributed by atoms with Gasteiger partial charge in [-0.1, -0.05) is 0 Å². The van der Waals surface area contributed by atoms with Gasteiger partial charge in [-0.15, -0.1) is 0 Å². The lowest BCUT2D eigenvalue weighted by Gasteiger charge is -2.16. The number of rotatable bonds is 6. The van der Waals surface area contributed by atoms with Crippen LogP contribution < -0.4 is 11.1 Å². The molecule has 1 aromatic rings. The van der Waals surface area contributed by atoms with Gasteiger partial charge in [0, 0.05) is 13.0 Å². The summed E-state index contributed by atoms with van der Waals surface area (Å²) in [4.78, 5) is 11.6. The van der Waals surface area contributed by atoms with Crippen molar-refractivity contribution in [3.05, 3.63) is 24.0 Å². The molecule has 0 heterocycles. The number of carbonyl (C=O) groups is 1. The average molecular weight is 308 g/mol. The zero-order valence-corrected chi connectivity index (χ0v) is 11.3. The Hall–Kier alpha value is -1.83. The molecule has 0 saturated heterocycles. The monoisotopic (exact) mass is 308 g/mol. The summed E-state index contributed by atoms with van der Waals surface area (Å²) < 4.78 is 53.8. The lowest BCUT2D eigenvalue weighted by Crippen LogP contribution is -2.29. The third kappa shape index (κ3) is 5.99. The van der Waals surface area contributed by atoms with Gasteiger partial charge in [0.25, 0.3) is 0 Å². The quantitative estimate of drug-likeness (QED) is 0.482. The van der Waals surface area contributed by atoms with Crippen molar-refractivity contribution >= 4 is 17.3 Å². The van der Waals surface area contributed by atoms with Gasteiger partial charge >= 0.3 is 6.18 Å². The maximum atomic E-state index is 12.8. The van der Waals surface area contributed by atoms with Gasteiger partial charge in [-0.2, -0.15) is 13.2 Å². The number of amides is 1. The van der Waals surface area contributed by atoms with Crippen molar-refractivity contribution in [1.82, 2.24) is 0 Å². The van der Waals surface area contributed by atoms with Crippen molar-refractivity contribution in [1.29, 1.82) is 0 Å². The van der Waals surface area contributed by atoms with Crippen LogP contribution in [0.4, 0.5) is 28.9 Å². The molecule has 0 fully saturated rings. The van der Waals surface area contributed by atoms with E-state index in [4.69, 9.17) is 5.73 Å². The summed E-state index contributed by atoms with van der Waals surface area (Å²) in [5, 5.41) is 2.45. The summed E-state index contributed by atoms with van der Waals surface area (Å²) in [6.07, 6.45) is -6.17. The van der Waals surface area contributed by atoms with Gasteiger partial charge in [0.1, 0.15) is 5.82 Å². The lowest BCUT2D eigenvalue weighted by molar-refractivity contribution is -0.214. The Balaban J connectivity index is 2.32. The molecule has 0 aliphatic rings. The van der Waals surface area contributed by atoms with E-state index < -0.39 is 24.0 Å². The van der Waals surface area contributed by atoms with Gasteiger partial charge in [0.15, 0.2) is 6.10 Å². The van der Waals surface area contributed by atoms with E-state index in [1.165, 1.54) is 6.07 Å². The van der Waals surface area contributed by atoms with E-state index >= 15 is 0 Å². The highest BCUT2D eigenvalue weighted by atomic mass is 19.4. The molecule has 0 aromatic heterocycles. The summed E-state index contributed by atoms with van der Waals surface area (Å²) >= 11 is 0. The van der Waals surface area contributed by atoms with Crippen molar-refractivity contribution in [3.63, 3.8) is 0 Å². The Bertz CT molecular complexity index is 492. The minimum Gasteiger partial charge on any atom is -0.397 e. The molecular formula is C13H16F4N2O2. The van der Waals surface area contributed by atoms with Gasteiger partial charge in [0.05, 0.1) is 11.4 Å². The Labute approximate surface area is 119 Å². The fourth-order valence-electron chi connectivity index (χ4n) is 1.45. The van der Waals surface area contributed by atoms with Crippen molar-refractivity contribution in [2.75, 3.05) is 17.7 Å². The first-order chi connectivity index (χ1) is 9.70. The minimum absolute atomic E-state index is 0.0264. The second kappa shape index (κ2) is 7.26. The number of anilines is 2. The van der Waals surface area contributed by atoms with Crippen LogP contribution in [0.5, 0.6) is 0 Å². The molecule has 4 nitrogen and oxygen atoms in total. The third-order valence-electron chi connectivity index (χ3n) is 2.66. The Morgan fingerprint density at radius 3 is 2.67 bits per heavy atom. The van der Waals surface area contributed by atoms with Crippen LogP contribution in [0.2, 0.25) is 0 Å². The first-order valence-corrected chi connectivity index (χ1v) is 6.23. The van der Waals surface area contributed by atoms with Crippen molar-refractivity contribution < 1.29 is 27.1 Å². The number of hydrogen-bond acceptors (Lipinski definition) is 3. The molecule has 0 saturated carbocycles. The number of nitrogen functional groups attached to an aromatic ring is 1. The zero-order chi connectivity index (χ0) is 16.0. The maximum Gasteiger partial charge on any atom is 0.414 e. The van der Waals surface area contributed by atoms with Crippen molar-refractivity contribution in [2.24, 2.45) is 0 Å². The summed E-state index contributed by atoms with van der Waals surface area (Å²) in [7, 11) is 0. The predicted octanol–water partition coefficient (Wildman–Crippen LogP) is 3.09. The lowest BCUT2D eigenvalue weighted by atomic mass is 10.2. The number of carbonyl (C=O) groups excluding carboxylic acids is 1. The van der Waals surface area contributed by atoms with Gasteiger partial charge < -0.3 is 15.8 Å². The molecule has 1 unspecified atom stereocenters. The standard InChI is InChI=1S/C13H16F4N2O2/c1-8(13(15,16)17)21-6-2-3-12(20)19-11-5-4-9(14)7-10(11)18/h4-5,7-8H,2-3,6,18H2,1H3,(H,19,20). The van der Waals surface area contributed by atoms with Crippen LogP contribution in [-0.2, 0) is 9.53 Å². The molecule has 1 rings (SSSR count). The highest BCUT2D eigenvalue weighted by Gasteiger charge is 2.36. The molecule has 3 N–H and O–H groups in total. The second-order valence-electron chi connectivity index (χ2n) is 4.44. The molecule has 8 heteroatoms. The molecule has 0 aliphatic carbocycles. The zero-order valence-electron chi connectivity index (χ0n) is 11.3. The fraction of sp³-hybridized carbons (Fsp3) is 0.462. The molecule has 0 spiro atoms. The highest BCUT2D eigenvalue weighted by molar-refractivity contribution is 5.93. The van der Waals surface area contributed by atoms with E-state index in [0.717, 1.165) is 19.1 Å². The van der Waals surface area contributed by atoms with Crippen LogP contribution in [0.3, 0.4) is 0 Å². The van der Waals surface area contributed by atoms with E-state index in [2.05, 4.69) is 10.1 Å². The van der Waals surface area contributed by atoms with Crippen LogP contribution >= 0.6 is 0 Å². The number of benzene rings is 1. The van der Waals surface area contributed by atoms with Crippen LogP contribution in [0, 0.1) is 5.82 Å². The second-order valence-corrected chi connectivity index (χ2v) is 4.44. The largest absolute Gasteiger partial charge is 0.414 e. The van der Waals surface area contributed by atoms with Crippen LogP contribution in [0.1, 0.15) is 19.8 Å². The molecule has 0 radical (unpaired) electrons.